The van der Waals surface area contributed by atoms with Crippen LogP contribution in [0, 0.1) is 0 Å². The Labute approximate surface area is 683 Å². The molecule has 3 heteroatoms. The fourth-order valence-electron chi connectivity index (χ4n) is 17.6. The third-order valence-corrected chi connectivity index (χ3v) is 22.6. The highest BCUT2D eigenvalue weighted by molar-refractivity contribution is 6.19. The molecule has 0 fully saturated rings. The van der Waals surface area contributed by atoms with Gasteiger partial charge in [-0.3, -0.25) is 0 Å². The van der Waals surface area contributed by atoms with Crippen molar-refractivity contribution in [1.82, 2.24) is 0 Å². The normalized spacial score (nSPS) is 11.2. The van der Waals surface area contributed by atoms with Crippen LogP contribution in [-0.4, -0.2) is 15.3 Å². The molecule has 3 N–H and O–H groups in total. The van der Waals surface area contributed by atoms with Gasteiger partial charge in [-0.2, -0.15) is 0 Å². The fourth-order valence-corrected chi connectivity index (χ4v) is 17.6. The van der Waals surface area contributed by atoms with Crippen molar-refractivity contribution in [3.63, 3.8) is 0 Å². The van der Waals surface area contributed by atoms with Crippen molar-refractivity contribution in [1.29, 1.82) is 0 Å². The SMILES string of the molecule is Oc1ccc(-c2c(-c3ccccc3)c(-c3ccc(O)cc3)c(-c3ccc(-c4c(-c5ccccc5)c(-c5ccccc5)c(-c5ccccc5)c(-c5ccccc5)c4-c4ccccc4)cc3)c(-c3ccc(-c4c(-c5ccccc5)c(-c5ccccc5)c(-c5ccccc5)c(-c5ccccc5)c4-c4ccccc4)cc3)c2-c2ccc(O)cc2)cc1. The Balaban J connectivity index is 0.970. The lowest BCUT2D eigenvalue weighted by Gasteiger charge is -2.30. The topological polar surface area (TPSA) is 60.7 Å². The number of hydrogen-bond donors (Lipinski definition) is 3. The van der Waals surface area contributed by atoms with Gasteiger partial charge >= 0.3 is 0 Å². The van der Waals surface area contributed by atoms with Gasteiger partial charge in [0.15, 0.2) is 0 Å². The first-order valence-electron chi connectivity index (χ1n) is 39.8. The summed E-state index contributed by atoms with van der Waals surface area (Å²) in [6.07, 6.45) is 0. The summed E-state index contributed by atoms with van der Waals surface area (Å²) in [4.78, 5) is 0. The third-order valence-electron chi connectivity index (χ3n) is 22.6. The van der Waals surface area contributed by atoms with E-state index in [4.69, 9.17) is 0 Å². The molecule has 117 heavy (non-hydrogen) atoms. The fraction of sp³-hybridized carbons (Fsp3) is 0. The smallest absolute Gasteiger partial charge is 0.115 e. The molecular weight excluding hydrogens is 1420 g/mol. The van der Waals surface area contributed by atoms with E-state index in [0.29, 0.717) is 0 Å². The second-order valence-corrected chi connectivity index (χ2v) is 29.6. The molecule has 0 saturated heterocycles. The van der Waals surface area contributed by atoms with Gasteiger partial charge in [-0.15, -0.1) is 0 Å². The second kappa shape index (κ2) is 32.0. The van der Waals surface area contributed by atoms with Crippen LogP contribution in [0.3, 0.4) is 0 Å². The Morgan fingerprint density at radius 3 is 0.231 bits per heavy atom. The minimum absolute atomic E-state index is 0.134. The Bertz CT molecular complexity index is 6500. The molecule has 3 nitrogen and oxygen atoms in total. The first-order chi connectivity index (χ1) is 57.9. The summed E-state index contributed by atoms with van der Waals surface area (Å²) in [6, 6.07) is 161. The van der Waals surface area contributed by atoms with Gasteiger partial charge in [0.2, 0.25) is 0 Å². The number of hydrogen-bond acceptors (Lipinski definition) is 3. The summed E-state index contributed by atoms with van der Waals surface area (Å²) in [7, 11) is 0. The maximum atomic E-state index is 11.5. The molecule has 552 valence electrons. The minimum Gasteiger partial charge on any atom is -0.508 e. The van der Waals surface area contributed by atoms with Crippen molar-refractivity contribution in [2.45, 2.75) is 0 Å². The maximum absolute atomic E-state index is 11.5. The first kappa shape index (κ1) is 71.9. The number of benzene rings is 19. The molecule has 0 aromatic heterocycles. The quantitative estimate of drug-likeness (QED) is 0.0802. The highest BCUT2D eigenvalue weighted by atomic mass is 16.3. The molecule has 19 rings (SSSR count). The average molecular weight is 1500 g/mol. The predicted molar refractivity (Wildman–Crippen MR) is 489 cm³/mol. The van der Waals surface area contributed by atoms with Crippen LogP contribution in [0.5, 0.6) is 17.2 Å². The molecule has 0 aliphatic rings. The van der Waals surface area contributed by atoms with Crippen LogP contribution in [0.15, 0.2) is 455 Å². The van der Waals surface area contributed by atoms with Crippen molar-refractivity contribution in [2.75, 3.05) is 0 Å². The molecular formula is C114H78O3. The van der Waals surface area contributed by atoms with E-state index in [1.165, 1.54) is 0 Å². The number of phenols is 3. The lowest BCUT2D eigenvalue weighted by Crippen LogP contribution is -2.03. The van der Waals surface area contributed by atoms with Gasteiger partial charge in [0, 0.05) is 0 Å². The van der Waals surface area contributed by atoms with E-state index in [1.807, 2.05) is 36.4 Å². The van der Waals surface area contributed by atoms with Crippen LogP contribution in [0.25, 0.3) is 200 Å². The van der Waals surface area contributed by atoms with Gasteiger partial charge in [-0.1, -0.05) is 419 Å². The van der Waals surface area contributed by atoms with Gasteiger partial charge in [-0.05, 0) is 237 Å². The third kappa shape index (κ3) is 13.8. The van der Waals surface area contributed by atoms with Gasteiger partial charge < -0.3 is 15.3 Å². The number of rotatable bonds is 18. The predicted octanol–water partition coefficient (Wildman–Crippen LogP) is 30.8. The molecule has 0 aliphatic carbocycles. The molecule has 0 bridgehead atoms. The van der Waals surface area contributed by atoms with Crippen molar-refractivity contribution < 1.29 is 15.3 Å². The van der Waals surface area contributed by atoms with Gasteiger partial charge in [0.1, 0.15) is 17.2 Å². The summed E-state index contributed by atoms with van der Waals surface area (Å²) in [5.74, 6) is 0.409. The molecule has 19 aromatic carbocycles. The van der Waals surface area contributed by atoms with E-state index in [1.54, 1.807) is 36.4 Å². The molecule has 19 aromatic rings. The maximum Gasteiger partial charge on any atom is 0.115 e. The molecule has 0 amide bonds. The Kier molecular flexibility index (Phi) is 19.6. The van der Waals surface area contributed by atoms with Crippen LogP contribution in [0.1, 0.15) is 0 Å². The Hall–Kier alpha value is -15.4. The van der Waals surface area contributed by atoms with E-state index in [-0.39, 0.29) is 17.2 Å². The molecule has 0 heterocycles. The van der Waals surface area contributed by atoms with Crippen molar-refractivity contribution in [3.8, 4) is 218 Å². The zero-order chi connectivity index (χ0) is 78.5. The highest BCUT2D eigenvalue weighted by Gasteiger charge is 2.34. The lowest BCUT2D eigenvalue weighted by molar-refractivity contribution is 0.475. The Morgan fingerprint density at radius 2 is 0.145 bits per heavy atom. The zero-order valence-corrected chi connectivity index (χ0v) is 64.1. The molecule has 0 radical (unpaired) electrons. The monoisotopic (exact) mass is 1490 g/mol. The van der Waals surface area contributed by atoms with Crippen molar-refractivity contribution >= 4 is 0 Å². The van der Waals surface area contributed by atoms with Crippen molar-refractivity contribution in [2.24, 2.45) is 0 Å². The summed E-state index contributed by atoms with van der Waals surface area (Å²) in [6.45, 7) is 0. The summed E-state index contributed by atoms with van der Waals surface area (Å²) >= 11 is 0. The number of phenolic OH excluding ortho intramolecular Hbond substituents is 3. The largest absolute Gasteiger partial charge is 0.508 e. The molecule has 0 atom stereocenters. The van der Waals surface area contributed by atoms with E-state index in [0.717, 1.165) is 200 Å². The van der Waals surface area contributed by atoms with E-state index < -0.39 is 0 Å². The molecule has 0 spiro atoms. The summed E-state index contributed by atoms with van der Waals surface area (Å²) < 4.78 is 0. The highest BCUT2D eigenvalue weighted by Crippen LogP contribution is 2.61. The van der Waals surface area contributed by atoms with E-state index in [9.17, 15) is 15.3 Å². The zero-order valence-electron chi connectivity index (χ0n) is 64.1. The summed E-state index contributed by atoms with van der Waals surface area (Å²) in [5, 5.41) is 34.4. The Morgan fingerprint density at radius 1 is 0.0769 bits per heavy atom. The van der Waals surface area contributed by atoms with Crippen molar-refractivity contribution in [3.05, 3.63) is 455 Å². The van der Waals surface area contributed by atoms with Gasteiger partial charge in [-0.25, -0.2) is 0 Å². The standard InChI is InChI=1S/C114H78O3/c115-94-70-64-91(65-71-94)112-107(86-54-32-11-33-55-86)113(92-66-72-95(116)73-67-92)114(93-68-74-96(117)75-69-93)111(90-62-58-88(59-63-90)109-105(84-50-28-9-29-51-84)101(80-42-20-5-21-43-80)98(77-36-14-2-15-37-77)102(81-44-22-6-23-45-81)106(109)85-52-30-10-31-53-85)110(112)89-60-56-87(57-61-89)108-103(82-46-24-7-25-47-82)99(78-38-16-3-17-39-78)97(76-34-12-1-13-35-76)100(79-40-18-4-19-41-79)104(108)83-48-26-8-27-49-83/h1-75,115-117H. The minimum atomic E-state index is 0.134. The van der Waals surface area contributed by atoms with Gasteiger partial charge in [0.25, 0.3) is 0 Å². The molecule has 0 saturated carbocycles. The number of aromatic hydroxyl groups is 3. The lowest BCUT2D eigenvalue weighted by atomic mass is 9.72. The van der Waals surface area contributed by atoms with Crippen LogP contribution < -0.4 is 0 Å². The van der Waals surface area contributed by atoms with Crippen LogP contribution >= 0.6 is 0 Å². The van der Waals surface area contributed by atoms with Crippen LogP contribution in [-0.2, 0) is 0 Å². The summed E-state index contributed by atoms with van der Waals surface area (Å²) in [5.41, 5.74) is 37.1. The first-order valence-corrected chi connectivity index (χ1v) is 39.8. The van der Waals surface area contributed by atoms with Crippen LogP contribution in [0.2, 0.25) is 0 Å². The van der Waals surface area contributed by atoms with E-state index >= 15 is 0 Å². The van der Waals surface area contributed by atoms with E-state index in [2.05, 4.69) is 382 Å². The average Bonchev–Trinajstić information content (AvgIpc) is 0.723. The molecule has 0 unspecified atom stereocenters. The van der Waals surface area contributed by atoms with Gasteiger partial charge in [0.05, 0.1) is 0 Å². The molecule has 0 aliphatic heterocycles. The second-order valence-electron chi connectivity index (χ2n) is 29.6. The van der Waals surface area contributed by atoms with Crippen LogP contribution in [0.4, 0.5) is 0 Å².